The summed E-state index contributed by atoms with van der Waals surface area (Å²) in [7, 11) is 0. The molecule has 0 fully saturated rings. The molecule has 0 bridgehead atoms. The van der Waals surface area contributed by atoms with Crippen LogP contribution in [0.2, 0.25) is 0 Å². The smallest absolute Gasteiger partial charge is 0.308 e. The van der Waals surface area contributed by atoms with Gasteiger partial charge in [0.15, 0.2) is 0 Å². The molecular weight excluding hydrogens is 256 g/mol. The number of carboxylic acids is 1. The molecule has 112 valence electrons. The summed E-state index contributed by atoms with van der Waals surface area (Å²) in [6.07, 6.45) is 0.239. The van der Waals surface area contributed by atoms with Gasteiger partial charge >= 0.3 is 11.9 Å². The molecule has 0 saturated carbocycles. The molecule has 0 aliphatic rings. The molecule has 0 atom stereocenters. The Morgan fingerprint density at radius 1 is 0.842 bits per heavy atom. The van der Waals surface area contributed by atoms with Crippen molar-refractivity contribution in [2.75, 3.05) is 46.2 Å². The molecule has 0 rings (SSSR count). The lowest BCUT2D eigenvalue weighted by molar-refractivity contribution is -0.144. The van der Waals surface area contributed by atoms with Gasteiger partial charge < -0.3 is 24.1 Å². The van der Waals surface area contributed by atoms with Crippen molar-refractivity contribution in [3.8, 4) is 0 Å². The third kappa shape index (κ3) is 14.8. The van der Waals surface area contributed by atoms with E-state index in [1.165, 1.54) is 0 Å². The number of aliphatic carboxylic acids is 1. The van der Waals surface area contributed by atoms with Gasteiger partial charge in [-0.3, -0.25) is 9.59 Å². The first-order valence-corrected chi connectivity index (χ1v) is 6.27. The average Bonchev–Trinajstić information content (AvgIpc) is 2.36. The van der Waals surface area contributed by atoms with Crippen LogP contribution in [0.5, 0.6) is 0 Å². The van der Waals surface area contributed by atoms with Crippen LogP contribution < -0.4 is 0 Å². The largest absolute Gasteiger partial charge is 0.481 e. The second-order valence-electron chi connectivity index (χ2n) is 3.54. The van der Waals surface area contributed by atoms with E-state index in [0.717, 1.165) is 0 Å². The van der Waals surface area contributed by atoms with E-state index < -0.39 is 5.97 Å². The zero-order valence-electron chi connectivity index (χ0n) is 11.3. The van der Waals surface area contributed by atoms with E-state index >= 15 is 0 Å². The van der Waals surface area contributed by atoms with Crippen molar-refractivity contribution in [3.63, 3.8) is 0 Å². The van der Waals surface area contributed by atoms with Crippen LogP contribution in [0.1, 0.15) is 19.8 Å². The van der Waals surface area contributed by atoms with E-state index in [1.54, 1.807) is 6.92 Å². The van der Waals surface area contributed by atoms with Crippen molar-refractivity contribution in [2.45, 2.75) is 19.8 Å². The maximum atomic E-state index is 10.9. The van der Waals surface area contributed by atoms with Gasteiger partial charge in [0.2, 0.25) is 0 Å². The second kappa shape index (κ2) is 13.3. The zero-order chi connectivity index (χ0) is 14.3. The fraction of sp³-hybridized carbons (Fsp3) is 0.833. The monoisotopic (exact) mass is 278 g/mol. The van der Waals surface area contributed by atoms with Crippen LogP contribution in [0.25, 0.3) is 0 Å². The predicted molar refractivity (Wildman–Crippen MR) is 66.0 cm³/mol. The normalized spacial score (nSPS) is 10.4. The predicted octanol–water partition coefficient (Wildman–Crippen LogP) is 0.464. The number of carbonyl (C=O) groups is 2. The number of esters is 1. The Kier molecular flexibility index (Phi) is 12.4. The summed E-state index contributed by atoms with van der Waals surface area (Å²) in [6, 6.07) is 0. The van der Waals surface area contributed by atoms with E-state index in [4.69, 9.17) is 24.1 Å². The van der Waals surface area contributed by atoms with Crippen molar-refractivity contribution in [2.24, 2.45) is 0 Å². The number of rotatable bonds is 13. The molecule has 19 heavy (non-hydrogen) atoms. The van der Waals surface area contributed by atoms with Crippen LogP contribution in [0, 0.1) is 0 Å². The standard InChI is InChI=1S/C12H22O7/c1-2-19-12(15)4-6-17-8-10-18-9-7-16-5-3-11(13)14/h2-10H2,1H3,(H,13,14). The van der Waals surface area contributed by atoms with Gasteiger partial charge in [0.1, 0.15) is 0 Å². The van der Waals surface area contributed by atoms with Crippen molar-refractivity contribution in [1.29, 1.82) is 0 Å². The van der Waals surface area contributed by atoms with E-state index in [2.05, 4.69) is 0 Å². The lowest BCUT2D eigenvalue weighted by atomic mass is 10.5. The van der Waals surface area contributed by atoms with Gasteiger partial charge in [-0.15, -0.1) is 0 Å². The van der Waals surface area contributed by atoms with Crippen molar-refractivity contribution >= 4 is 11.9 Å². The molecule has 0 aromatic carbocycles. The van der Waals surface area contributed by atoms with Gasteiger partial charge in [-0.1, -0.05) is 0 Å². The van der Waals surface area contributed by atoms with Gasteiger partial charge in [-0.05, 0) is 6.92 Å². The second-order valence-corrected chi connectivity index (χ2v) is 3.54. The zero-order valence-corrected chi connectivity index (χ0v) is 11.3. The van der Waals surface area contributed by atoms with Gasteiger partial charge in [0, 0.05) is 0 Å². The fourth-order valence-electron chi connectivity index (χ4n) is 1.09. The van der Waals surface area contributed by atoms with Crippen LogP contribution in [0.3, 0.4) is 0 Å². The molecule has 1 N–H and O–H groups in total. The molecule has 0 aliphatic carbocycles. The first kappa shape index (κ1) is 17.8. The van der Waals surface area contributed by atoms with Gasteiger partial charge in [-0.2, -0.15) is 0 Å². The highest BCUT2D eigenvalue weighted by Gasteiger charge is 2.00. The van der Waals surface area contributed by atoms with Crippen LogP contribution in [-0.2, 0) is 28.5 Å². The van der Waals surface area contributed by atoms with E-state index in [0.29, 0.717) is 39.6 Å². The summed E-state index contributed by atoms with van der Waals surface area (Å²) in [6.45, 7) is 4.19. The number of carbonyl (C=O) groups excluding carboxylic acids is 1. The lowest BCUT2D eigenvalue weighted by Gasteiger charge is -2.06. The Balaban J connectivity index is 3.06. The summed E-state index contributed by atoms with van der Waals surface area (Å²) in [5, 5.41) is 8.35. The van der Waals surface area contributed by atoms with Gasteiger partial charge in [0.25, 0.3) is 0 Å². The summed E-state index contributed by atoms with van der Waals surface area (Å²) in [5.74, 6) is -1.15. The molecular formula is C12H22O7. The Morgan fingerprint density at radius 2 is 1.32 bits per heavy atom. The van der Waals surface area contributed by atoms with Gasteiger partial charge in [0.05, 0.1) is 59.1 Å². The Labute approximate surface area is 112 Å². The molecule has 0 aromatic heterocycles. The van der Waals surface area contributed by atoms with Gasteiger partial charge in [-0.25, -0.2) is 0 Å². The summed E-state index contributed by atoms with van der Waals surface area (Å²) < 4.78 is 20.1. The van der Waals surface area contributed by atoms with Crippen LogP contribution in [0.4, 0.5) is 0 Å². The van der Waals surface area contributed by atoms with Crippen molar-refractivity contribution in [3.05, 3.63) is 0 Å². The Hall–Kier alpha value is -1.18. The number of hydrogen-bond acceptors (Lipinski definition) is 6. The minimum atomic E-state index is -0.879. The highest BCUT2D eigenvalue weighted by molar-refractivity contribution is 5.69. The topological polar surface area (TPSA) is 91.3 Å². The molecule has 0 aromatic rings. The van der Waals surface area contributed by atoms with E-state index in [9.17, 15) is 9.59 Å². The SMILES string of the molecule is CCOC(=O)CCOCCOCCOCCC(=O)O. The Bertz CT molecular complexity index is 242. The molecule has 0 radical (unpaired) electrons. The molecule has 7 heteroatoms. The van der Waals surface area contributed by atoms with Crippen molar-refractivity contribution < 1.29 is 33.6 Å². The molecule has 0 spiro atoms. The fourth-order valence-corrected chi connectivity index (χ4v) is 1.09. The van der Waals surface area contributed by atoms with Crippen LogP contribution >= 0.6 is 0 Å². The molecule has 0 unspecified atom stereocenters. The minimum absolute atomic E-state index is 0.00301. The molecule has 0 amide bonds. The number of ether oxygens (including phenoxy) is 4. The van der Waals surface area contributed by atoms with E-state index in [1.807, 2.05) is 0 Å². The quantitative estimate of drug-likeness (QED) is 0.386. The number of carboxylic acid groups (broad SMARTS) is 1. The molecule has 0 aliphatic heterocycles. The third-order valence-corrected chi connectivity index (χ3v) is 1.96. The first-order valence-electron chi connectivity index (χ1n) is 6.27. The van der Waals surface area contributed by atoms with E-state index in [-0.39, 0.29) is 25.4 Å². The highest BCUT2D eigenvalue weighted by Crippen LogP contribution is 1.89. The summed E-state index contributed by atoms with van der Waals surface area (Å²) in [5.41, 5.74) is 0. The first-order chi connectivity index (χ1) is 9.16. The summed E-state index contributed by atoms with van der Waals surface area (Å²) in [4.78, 5) is 21.1. The maximum Gasteiger partial charge on any atom is 0.308 e. The average molecular weight is 278 g/mol. The van der Waals surface area contributed by atoms with Crippen LogP contribution in [0.15, 0.2) is 0 Å². The Morgan fingerprint density at radius 3 is 1.79 bits per heavy atom. The minimum Gasteiger partial charge on any atom is -0.481 e. The maximum absolute atomic E-state index is 10.9. The third-order valence-electron chi connectivity index (χ3n) is 1.96. The van der Waals surface area contributed by atoms with Crippen molar-refractivity contribution in [1.82, 2.24) is 0 Å². The number of hydrogen-bond donors (Lipinski definition) is 1. The molecule has 7 nitrogen and oxygen atoms in total. The van der Waals surface area contributed by atoms with Crippen LogP contribution in [-0.4, -0.2) is 63.3 Å². The summed E-state index contributed by atoms with van der Waals surface area (Å²) >= 11 is 0. The molecule has 0 heterocycles. The highest BCUT2D eigenvalue weighted by atomic mass is 16.5. The lowest BCUT2D eigenvalue weighted by Crippen LogP contribution is -2.13. The molecule has 0 saturated heterocycles.